The van der Waals surface area contributed by atoms with Crippen molar-refractivity contribution in [2.24, 2.45) is 0 Å². The Morgan fingerprint density at radius 1 is 1.25 bits per heavy atom. The topological polar surface area (TPSA) is 32.7 Å². The van der Waals surface area contributed by atoms with Crippen LogP contribution in [-0.2, 0) is 13.2 Å². The normalized spacial score (nSPS) is 10.8. The molecule has 3 nitrogen and oxygen atoms in total. The molecule has 0 amide bonds. The molecule has 1 N–H and O–H groups in total. The van der Waals surface area contributed by atoms with Gasteiger partial charge in [0, 0.05) is 12.1 Å². The zero-order valence-electron chi connectivity index (χ0n) is 10.4. The SMILES string of the molecule is CCN(CC)Cc1ccc(OC)c(CO)c1. The average Bonchev–Trinajstić information content (AvgIpc) is 2.35. The van der Waals surface area contributed by atoms with Gasteiger partial charge in [-0.15, -0.1) is 0 Å². The molecule has 0 radical (unpaired) electrons. The number of ether oxygens (including phenoxy) is 1. The Labute approximate surface area is 97.7 Å². The van der Waals surface area contributed by atoms with Crippen LogP contribution in [0.25, 0.3) is 0 Å². The third-order valence-electron chi connectivity index (χ3n) is 2.82. The zero-order valence-corrected chi connectivity index (χ0v) is 10.4. The zero-order chi connectivity index (χ0) is 12.0. The Balaban J connectivity index is 2.82. The van der Waals surface area contributed by atoms with Crippen molar-refractivity contribution in [3.63, 3.8) is 0 Å². The first-order valence-corrected chi connectivity index (χ1v) is 5.74. The third kappa shape index (κ3) is 3.22. The highest BCUT2D eigenvalue weighted by Crippen LogP contribution is 2.20. The van der Waals surface area contributed by atoms with Crippen LogP contribution in [0.2, 0.25) is 0 Å². The van der Waals surface area contributed by atoms with E-state index in [2.05, 4.69) is 24.8 Å². The van der Waals surface area contributed by atoms with Crippen LogP contribution in [0.4, 0.5) is 0 Å². The largest absolute Gasteiger partial charge is 0.496 e. The molecule has 0 aliphatic heterocycles. The Kier molecular flexibility index (Phi) is 5.29. The second-order valence-corrected chi connectivity index (χ2v) is 3.77. The monoisotopic (exact) mass is 223 g/mol. The van der Waals surface area contributed by atoms with Crippen LogP contribution in [0.1, 0.15) is 25.0 Å². The number of rotatable bonds is 6. The Bertz CT molecular complexity index is 322. The maximum absolute atomic E-state index is 9.23. The van der Waals surface area contributed by atoms with E-state index < -0.39 is 0 Å². The second-order valence-electron chi connectivity index (χ2n) is 3.77. The van der Waals surface area contributed by atoms with E-state index in [9.17, 15) is 5.11 Å². The molecule has 0 bridgehead atoms. The standard InChI is InChI=1S/C13H21NO2/c1-4-14(5-2)9-11-6-7-13(16-3)12(8-11)10-15/h6-8,15H,4-5,9-10H2,1-3H3. The molecule has 16 heavy (non-hydrogen) atoms. The molecule has 1 aromatic rings. The minimum Gasteiger partial charge on any atom is -0.496 e. The summed E-state index contributed by atoms with van der Waals surface area (Å²) in [6, 6.07) is 5.98. The van der Waals surface area contributed by atoms with Crippen LogP contribution in [0.5, 0.6) is 5.75 Å². The molecule has 0 heterocycles. The summed E-state index contributed by atoms with van der Waals surface area (Å²) in [6.07, 6.45) is 0. The highest BCUT2D eigenvalue weighted by molar-refractivity contribution is 5.36. The number of aliphatic hydroxyl groups is 1. The van der Waals surface area contributed by atoms with Gasteiger partial charge in [-0.1, -0.05) is 19.9 Å². The summed E-state index contributed by atoms with van der Waals surface area (Å²) in [7, 11) is 1.62. The third-order valence-corrected chi connectivity index (χ3v) is 2.82. The van der Waals surface area contributed by atoms with Crippen LogP contribution >= 0.6 is 0 Å². The van der Waals surface area contributed by atoms with Gasteiger partial charge in [0.1, 0.15) is 5.75 Å². The van der Waals surface area contributed by atoms with E-state index >= 15 is 0 Å². The minimum atomic E-state index is 0.0231. The first-order chi connectivity index (χ1) is 7.74. The van der Waals surface area contributed by atoms with Crippen molar-refractivity contribution in [1.82, 2.24) is 4.90 Å². The van der Waals surface area contributed by atoms with Crippen LogP contribution in [-0.4, -0.2) is 30.2 Å². The Morgan fingerprint density at radius 2 is 1.94 bits per heavy atom. The lowest BCUT2D eigenvalue weighted by atomic mass is 10.1. The minimum absolute atomic E-state index is 0.0231. The van der Waals surface area contributed by atoms with Gasteiger partial charge in [0.05, 0.1) is 13.7 Å². The number of nitrogens with zero attached hydrogens (tertiary/aromatic N) is 1. The predicted molar refractivity (Wildman–Crippen MR) is 65.5 cm³/mol. The van der Waals surface area contributed by atoms with E-state index in [1.54, 1.807) is 7.11 Å². The summed E-state index contributed by atoms with van der Waals surface area (Å²) in [6.45, 7) is 7.33. The highest BCUT2D eigenvalue weighted by Gasteiger charge is 2.05. The van der Waals surface area contributed by atoms with Crippen LogP contribution in [0, 0.1) is 0 Å². The number of hydrogen-bond acceptors (Lipinski definition) is 3. The fourth-order valence-corrected chi connectivity index (χ4v) is 1.76. The molecule has 0 aliphatic rings. The maximum Gasteiger partial charge on any atom is 0.124 e. The van der Waals surface area contributed by atoms with Crippen molar-refractivity contribution < 1.29 is 9.84 Å². The first kappa shape index (κ1) is 13.0. The van der Waals surface area contributed by atoms with Gasteiger partial charge in [-0.05, 0) is 30.8 Å². The van der Waals surface area contributed by atoms with Gasteiger partial charge in [-0.2, -0.15) is 0 Å². The molecule has 0 aliphatic carbocycles. The molecular formula is C13H21NO2. The van der Waals surface area contributed by atoms with Gasteiger partial charge >= 0.3 is 0 Å². The first-order valence-electron chi connectivity index (χ1n) is 5.74. The lowest BCUT2D eigenvalue weighted by molar-refractivity contribution is 0.272. The van der Waals surface area contributed by atoms with Gasteiger partial charge in [-0.3, -0.25) is 4.90 Å². The molecule has 0 saturated heterocycles. The molecule has 0 unspecified atom stereocenters. The van der Waals surface area contributed by atoms with Crippen molar-refractivity contribution in [1.29, 1.82) is 0 Å². The second kappa shape index (κ2) is 6.51. The molecule has 0 aromatic heterocycles. The Morgan fingerprint density at radius 3 is 2.44 bits per heavy atom. The number of methoxy groups -OCH3 is 1. The van der Waals surface area contributed by atoms with Gasteiger partial charge in [0.15, 0.2) is 0 Å². The maximum atomic E-state index is 9.23. The van der Waals surface area contributed by atoms with Crippen molar-refractivity contribution >= 4 is 0 Å². The van der Waals surface area contributed by atoms with E-state index in [-0.39, 0.29) is 6.61 Å². The van der Waals surface area contributed by atoms with Crippen molar-refractivity contribution in [3.8, 4) is 5.75 Å². The summed E-state index contributed by atoms with van der Waals surface area (Å²) in [5, 5.41) is 9.23. The van der Waals surface area contributed by atoms with E-state index in [0.717, 1.165) is 30.9 Å². The fourth-order valence-electron chi connectivity index (χ4n) is 1.76. The molecule has 0 saturated carbocycles. The molecule has 0 atom stereocenters. The van der Waals surface area contributed by atoms with Crippen molar-refractivity contribution in [3.05, 3.63) is 29.3 Å². The Hall–Kier alpha value is -1.06. The molecule has 0 spiro atoms. The summed E-state index contributed by atoms with van der Waals surface area (Å²) in [4.78, 5) is 2.34. The van der Waals surface area contributed by atoms with Crippen LogP contribution in [0.3, 0.4) is 0 Å². The predicted octanol–water partition coefficient (Wildman–Crippen LogP) is 2.03. The van der Waals surface area contributed by atoms with Gasteiger partial charge < -0.3 is 9.84 Å². The van der Waals surface area contributed by atoms with E-state index in [1.165, 1.54) is 5.56 Å². The molecule has 1 rings (SSSR count). The van der Waals surface area contributed by atoms with Crippen molar-refractivity contribution in [2.45, 2.75) is 27.0 Å². The smallest absolute Gasteiger partial charge is 0.124 e. The molecule has 3 heteroatoms. The fraction of sp³-hybridized carbons (Fsp3) is 0.538. The lowest BCUT2D eigenvalue weighted by Gasteiger charge is -2.18. The van der Waals surface area contributed by atoms with E-state index in [0.29, 0.717) is 0 Å². The van der Waals surface area contributed by atoms with E-state index in [1.807, 2.05) is 12.1 Å². The number of hydrogen-bond donors (Lipinski definition) is 1. The molecule has 0 fully saturated rings. The number of benzene rings is 1. The van der Waals surface area contributed by atoms with Crippen molar-refractivity contribution in [2.75, 3.05) is 20.2 Å². The summed E-state index contributed by atoms with van der Waals surface area (Å²) in [5.74, 6) is 0.755. The van der Waals surface area contributed by atoms with Crippen LogP contribution in [0.15, 0.2) is 18.2 Å². The van der Waals surface area contributed by atoms with E-state index in [4.69, 9.17) is 4.74 Å². The molecule has 90 valence electrons. The molecular weight excluding hydrogens is 202 g/mol. The highest BCUT2D eigenvalue weighted by atomic mass is 16.5. The number of aliphatic hydroxyl groups excluding tert-OH is 1. The quantitative estimate of drug-likeness (QED) is 0.801. The van der Waals surface area contributed by atoms with Gasteiger partial charge in [-0.25, -0.2) is 0 Å². The summed E-state index contributed by atoms with van der Waals surface area (Å²) in [5.41, 5.74) is 2.07. The van der Waals surface area contributed by atoms with Crippen LogP contribution < -0.4 is 4.74 Å². The van der Waals surface area contributed by atoms with Gasteiger partial charge in [0.25, 0.3) is 0 Å². The average molecular weight is 223 g/mol. The molecule has 1 aromatic carbocycles. The summed E-state index contributed by atoms with van der Waals surface area (Å²) < 4.78 is 5.18. The lowest BCUT2D eigenvalue weighted by Crippen LogP contribution is -2.22. The summed E-state index contributed by atoms with van der Waals surface area (Å²) >= 11 is 0. The van der Waals surface area contributed by atoms with Gasteiger partial charge in [0.2, 0.25) is 0 Å².